The molecule has 2 heterocycles. The first-order valence-corrected chi connectivity index (χ1v) is 10.0. The van der Waals surface area contributed by atoms with Crippen molar-refractivity contribution < 1.29 is 29.1 Å². The van der Waals surface area contributed by atoms with E-state index in [1.54, 1.807) is 30.3 Å². The Morgan fingerprint density at radius 3 is 2.71 bits per heavy atom. The van der Waals surface area contributed by atoms with Crippen LogP contribution in [0.1, 0.15) is 16.8 Å². The minimum absolute atomic E-state index is 0.140. The second-order valence-corrected chi connectivity index (χ2v) is 7.59. The van der Waals surface area contributed by atoms with Gasteiger partial charge in [0.15, 0.2) is 6.04 Å². The van der Waals surface area contributed by atoms with Crippen molar-refractivity contribution in [2.45, 2.75) is 18.5 Å². The van der Waals surface area contributed by atoms with Crippen molar-refractivity contribution in [2.75, 3.05) is 31.2 Å². The molecule has 2 atom stereocenters. The molecule has 0 bridgehead atoms. The molecule has 0 aliphatic carbocycles. The van der Waals surface area contributed by atoms with Gasteiger partial charge in [0.05, 0.1) is 6.61 Å². The average molecular weight is 407 g/mol. The third-order valence-electron chi connectivity index (χ3n) is 4.53. The van der Waals surface area contributed by atoms with E-state index in [0.717, 1.165) is 0 Å². The lowest BCUT2D eigenvalue weighted by molar-refractivity contribution is -0.183. The number of carbonyl (C=O) groups excluding carboxylic acids is 4. The summed E-state index contributed by atoms with van der Waals surface area (Å²) in [5.74, 6) is -1.22. The van der Waals surface area contributed by atoms with Gasteiger partial charge in [0.1, 0.15) is 12.6 Å². The number of nitrogens with zero attached hydrogens (tertiary/aromatic N) is 2. The van der Waals surface area contributed by atoms with Crippen LogP contribution in [0.5, 0.6) is 0 Å². The summed E-state index contributed by atoms with van der Waals surface area (Å²) in [5.41, 5.74) is 0.438. The molecule has 1 aromatic carbocycles. The molecule has 0 saturated carbocycles. The first-order valence-electron chi connectivity index (χ1n) is 8.87. The monoisotopic (exact) mass is 407 g/mol. The van der Waals surface area contributed by atoms with Crippen molar-refractivity contribution in [3.8, 4) is 0 Å². The van der Waals surface area contributed by atoms with Gasteiger partial charge in [-0.25, -0.2) is 9.86 Å². The van der Waals surface area contributed by atoms with Gasteiger partial charge in [0, 0.05) is 30.0 Å². The summed E-state index contributed by atoms with van der Waals surface area (Å²) in [6, 6.07) is 6.72. The minimum atomic E-state index is -1.04. The number of hydroxylamine groups is 2. The second kappa shape index (κ2) is 9.07. The van der Waals surface area contributed by atoms with Gasteiger partial charge >= 0.3 is 5.97 Å². The van der Waals surface area contributed by atoms with Gasteiger partial charge in [-0.3, -0.25) is 19.6 Å². The molecule has 0 radical (unpaired) electrons. The number of thioether (sulfide) groups is 1. The van der Waals surface area contributed by atoms with Crippen LogP contribution in [0.4, 0.5) is 0 Å². The number of cyclic esters (lactones) is 1. The maximum atomic E-state index is 12.8. The molecule has 2 fully saturated rings. The standard InChI is InChI=1S/C18H21N3O6S/c22-15(21(26)14-6-8-27-18(14)25)10-20-7-9-28-11-13(17(20)24)19-16(23)12-4-2-1-3-5-12/h1-5,13-14,26H,6-11H2,(H,19,23). The predicted molar refractivity (Wildman–Crippen MR) is 99.6 cm³/mol. The van der Waals surface area contributed by atoms with Crippen molar-refractivity contribution in [2.24, 2.45) is 0 Å². The van der Waals surface area contributed by atoms with Gasteiger partial charge in [-0.15, -0.1) is 0 Å². The summed E-state index contributed by atoms with van der Waals surface area (Å²) in [4.78, 5) is 50.3. The number of rotatable bonds is 5. The molecule has 2 N–H and O–H groups in total. The number of ether oxygens (including phenoxy) is 1. The maximum absolute atomic E-state index is 12.8. The van der Waals surface area contributed by atoms with Crippen LogP contribution < -0.4 is 5.32 Å². The van der Waals surface area contributed by atoms with E-state index >= 15 is 0 Å². The van der Waals surface area contributed by atoms with E-state index in [2.05, 4.69) is 5.32 Å². The van der Waals surface area contributed by atoms with Crippen LogP contribution in [0.15, 0.2) is 30.3 Å². The molecule has 2 unspecified atom stereocenters. The van der Waals surface area contributed by atoms with E-state index < -0.39 is 29.9 Å². The zero-order valence-corrected chi connectivity index (χ0v) is 15.9. The molecule has 0 aromatic heterocycles. The highest BCUT2D eigenvalue weighted by Crippen LogP contribution is 2.16. The zero-order chi connectivity index (χ0) is 20.1. The van der Waals surface area contributed by atoms with Gasteiger partial charge in [-0.05, 0) is 12.1 Å². The normalized spacial score (nSPS) is 22.4. The van der Waals surface area contributed by atoms with Crippen molar-refractivity contribution in [3.05, 3.63) is 35.9 Å². The summed E-state index contributed by atoms with van der Waals surface area (Å²) >= 11 is 1.49. The molecule has 3 amide bonds. The summed E-state index contributed by atoms with van der Waals surface area (Å²) in [5, 5.41) is 13.1. The fourth-order valence-corrected chi connectivity index (χ4v) is 3.96. The van der Waals surface area contributed by atoms with Crippen LogP contribution >= 0.6 is 11.8 Å². The van der Waals surface area contributed by atoms with Crippen LogP contribution in [0.3, 0.4) is 0 Å². The zero-order valence-electron chi connectivity index (χ0n) is 15.1. The molecule has 1 aromatic rings. The second-order valence-electron chi connectivity index (χ2n) is 6.44. The Morgan fingerprint density at radius 1 is 1.29 bits per heavy atom. The number of hydrogen-bond donors (Lipinski definition) is 2. The molecule has 150 valence electrons. The number of benzene rings is 1. The largest absolute Gasteiger partial charge is 0.464 e. The number of hydrogen-bond acceptors (Lipinski definition) is 7. The predicted octanol–water partition coefficient (Wildman–Crippen LogP) is -0.106. The van der Waals surface area contributed by atoms with Gasteiger partial charge in [-0.1, -0.05) is 18.2 Å². The summed E-state index contributed by atoms with van der Waals surface area (Å²) < 4.78 is 4.75. The quantitative estimate of drug-likeness (QED) is 0.398. The Morgan fingerprint density at radius 2 is 2.04 bits per heavy atom. The third kappa shape index (κ3) is 4.63. The molecule has 28 heavy (non-hydrogen) atoms. The van der Waals surface area contributed by atoms with E-state index in [0.29, 0.717) is 28.7 Å². The first-order chi connectivity index (χ1) is 13.5. The summed E-state index contributed by atoms with van der Waals surface area (Å²) in [6.45, 7) is 0.0635. The van der Waals surface area contributed by atoms with Crippen molar-refractivity contribution in [1.82, 2.24) is 15.3 Å². The first kappa shape index (κ1) is 20.2. The Hall–Kier alpha value is -2.59. The van der Waals surface area contributed by atoms with Crippen LogP contribution in [-0.2, 0) is 19.1 Å². The van der Waals surface area contributed by atoms with Crippen LogP contribution in [0.25, 0.3) is 0 Å². The fourth-order valence-electron chi connectivity index (χ4n) is 2.99. The molecule has 0 spiro atoms. The Labute approximate surface area is 165 Å². The molecule has 2 aliphatic rings. The number of carbonyl (C=O) groups is 4. The maximum Gasteiger partial charge on any atom is 0.331 e. The Bertz CT molecular complexity index is 759. The topological polar surface area (TPSA) is 116 Å². The van der Waals surface area contributed by atoms with E-state index in [4.69, 9.17) is 4.74 Å². The van der Waals surface area contributed by atoms with Crippen molar-refractivity contribution >= 4 is 35.5 Å². The van der Waals surface area contributed by atoms with E-state index in [9.17, 15) is 24.4 Å². The number of esters is 1. The number of amides is 3. The van der Waals surface area contributed by atoms with Gasteiger partial charge in [0.2, 0.25) is 5.91 Å². The highest BCUT2D eigenvalue weighted by Gasteiger charge is 2.37. The van der Waals surface area contributed by atoms with Crippen molar-refractivity contribution in [3.63, 3.8) is 0 Å². The van der Waals surface area contributed by atoms with Crippen LogP contribution in [-0.4, -0.2) is 82.1 Å². The molecular weight excluding hydrogens is 386 g/mol. The van der Waals surface area contributed by atoms with Gasteiger partial charge in [-0.2, -0.15) is 11.8 Å². The molecule has 2 saturated heterocycles. The van der Waals surface area contributed by atoms with Crippen LogP contribution in [0, 0.1) is 0 Å². The van der Waals surface area contributed by atoms with E-state index in [-0.39, 0.29) is 25.5 Å². The molecule has 10 heteroatoms. The number of nitrogens with one attached hydrogen (secondary N) is 1. The molecule has 3 rings (SSSR count). The molecular formula is C18H21N3O6S. The van der Waals surface area contributed by atoms with Crippen LogP contribution in [0.2, 0.25) is 0 Å². The highest BCUT2D eigenvalue weighted by molar-refractivity contribution is 7.99. The van der Waals surface area contributed by atoms with Crippen molar-refractivity contribution in [1.29, 1.82) is 0 Å². The van der Waals surface area contributed by atoms with E-state index in [1.807, 2.05) is 0 Å². The lowest BCUT2D eigenvalue weighted by atomic mass is 10.2. The highest BCUT2D eigenvalue weighted by atomic mass is 32.2. The Balaban J connectivity index is 1.63. The lowest BCUT2D eigenvalue weighted by Gasteiger charge is -2.26. The average Bonchev–Trinajstić information content (AvgIpc) is 3.06. The minimum Gasteiger partial charge on any atom is -0.464 e. The molecule has 9 nitrogen and oxygen atoms in total. The SMILES string of the molecule is O=C(NC1CSCCN(CC(=O)N(O)C2CCOC2=O)C1=O)c1ccccc1. The van der Waals surface area contributed by atoms with Gasteiger partial charge in [0.25, 0.3) is 11.8 Å². The summed E-state index contributed by atoms with van der Waals surface area (Å²) in [6.07, 6.45) is 0.209. The smallest absolute Gasteiger partial charge is 0.331 e. The third-order valence-corrected chi connectivity index (χ3v) is 5.57. The Kier molecular flexibility index (Phi) is 6.53. The fraction of sp³-hybridized carbons (Fsp3) is 0.444. The van der Waals surface area contributed by atoms with E-state index in [1.165, 1.54) is 16.7 Å². The van der Waals surface area contributed by atoms with Gasteiger partial charge < -0.3 is 15.0 Å². The summed E-state index contributed by atoms with van der Waals surface area (Å²) in [7, 11) is 0. The molecule has 2 aliphatic heterocycles. The lowest BCUT2D eigenvalue weighted by Crippen LogP contribution is -2.52.